The van der Waals surface area contributed by atoms with Gasteiger partial charge in [-0.3, -0.25) is 4.79 Å². The molecule has 0 spiro atoms. The molecule has 0 aliphatic rings. The molecular formula is C17H20N2O. The summed E-state index contributed by atoms with van der Waals surface area (Å²) < 4.78 is 0. The van der Waals surface area contributed by atoms with Crippen LogP contribution in [-0.2, 0) is 6.42 Å². The zero-order valence-electron chi connectivity index (χ0n) is 12.0. The van der Waals surface area contributed by atoms with Gasteiger partial charge in [-0.25, -0.2) is 0 Å². The van der Waals surface area contributed by atoms with Crippen molar-refractivity contribution >= 4 is 11.6 Å². The summed E-state index contributed by atoms with van der Waals surface area (Å²) in [6, 6.07) is 15.7. The predicted molar refractivity (Wildman–Crippen MR) is 82.7 cm³/mol. The fourth-order valence-corrected chi connectivity index (χ4v) is 2.12. The molecule has 0 aliphatic carbocycles. The van der Waals surface area contributed by atoms with Gasteiger partial charge >= 0.3 is 0 Å². The standard InChI is InChI=1S/C17H20N2O/c1-13-7-6-10-15(16(13)18)17(20)19(2)12-11-14-8-4-3-5-9-14/h3-10H,11-12,18H2,1-2H3. The molecule has 0 bridgehead atoms. The van der Waals surface area contributed by atoms with E-state index in [-0.39, 0.29) is 5.91 Å². The van der Waals surface area contributed by atoms with Crippen molar-refractivity contribution in [3.05, 3.63) is 65.2 Å². The Hall–Kier alpha value is -2.29. The van der Waals surface area contributed by atoms with Crippen LogP contribution in [0.25, 0.3) is 0 Å². The first-order valence-electron chi connectivity index (χ1n) is 6.74. The SMILES string of the molecule is Cc1cccc(C(=O)N(C)CCc2ccccc2)c1N. The number of anilines is 1. The van der Waals surface area contributed by atoms with Gasteiger partial charge in [0.2, 0.25) is 0 Å². The number of aryl methyl sites for hydroxylation is 1. The summed E-state index contributed by atoms with van der Waals surface area (Å²) in [5.41, 5.74) is 9.30. The van der Waals surface area contributed by atoms with Gasteiger partial charge in [0.1, 0.15) is 0 Å². The Morgan fingerprint density at radius 3 is 2.50 bits per heavy atom. The molecule has 0 radical (unpaired) electrons. The molecule has 3 nitrogen and oxygen atoms in total. The van der Waals surface area contributed by atoms with Gasteiger partial charge in [-0.2, -0.15) is 0 Å². The van der Waals surface area contributed by atoms with E-state index in [0.717, 1.165) is 12.0 Å². The number of nitrogens with zero attached hydrogens (tertiary/aromatic N) is 1. The fourth-order valence-electron chi connectivity index (χ4n) is 2.12. The molecule has 0 aliphatic heterocycles. The van der Waals surface area contributed by atoms with Gasteiger partial charge in [-0.05, 0) is 30.5 Å². The minimum absolute atomic E-state index is 0.0258. The third-order valence-corrected chi connectivity index (χ3v) is 3.48. The van der Waals surface area contributed by atoms with Crippen molar-refractivity contribution in [2.75, 3.05) is 19.3 Å². The number of nitrogens with two attached hydrogens (primary N) is 1. The summed E-state index contributed by atoms with van der Waals surface area (Å²) >= 11 is 0. The number of rotatable bonds is 4. The molecule has 0 saturated heterocycles. The van der Waals surface area contributed by atoms with Gasteiger partial charge in [0.05, 0.1) is 5.56 Å². The van der Waals surface area contributed by atoms with E-state index in [1.807, 2.05) is 44.3 Å². The molecule has 104 valence electrons. The number of carbonyl (C=O) groups is 1. The molecule has 2 aromatic carbocycles. The number of amides is 1. The second kappa shape index (κ2) is 6.24. The highest BCUT2D eigenvalue weighted by Crippen LogP contribution is 2.18. The average molecular weight is 268 g/mol. The maximum absolute atomic E-state index is 12.4. The molecule has 2 rings (SSSR count). The first-order chi connectivity index (χ1) is 9.59. The predicted octanol–water partition coefficient (Wildman–Crippen LogP) is 2.89. The topological polar surface area (TPSA) is 46.3 Å². The van der Waals surface area contributed by atoms with E-state index in [1.54, 1.807) is 11.0 Å². The second-order valence-electron chi connectivity index (χ2n) is 5.00. The maximum Gasteiger partial charge on any atom is 0.255 e. The first-order valence-corrected chi connectivity index (χ1v) is 6.74. The summed E-state index contributed by atoms with van der Waals surface area (Å²) in [5.74, 6) is -0.0258. The van der Waals surface area contributed by atoms with Crippen LogP contribution in [0.3, 0.4) is 0 Å². The van der Waals surface area contributed by atoms with Crippen molar-refractivity contribution in [3.8, 4) is 0 Å². The minimum atomic E-state index is -0.0258. The average Bonchev–Trinajstić information content (AvgIpc) is 2.48. The van der Waals surface area contributed by atoms with Crippen molar-refractivity contribution in [2.45, 2.75) is 13.3 Å². The van der Waals surface area contributed by atoms with Crippen molar-refractivity contribution < 1.29 is 4.79 Å². The quantitative estimate of drug-likeness (QED) is 0.867. The second-order valence-corrected chi connectivity index (χ2v) is 5.00. The van der Waals surface area contributed by atoms with Gasteiger partial charge in [0.25, 0.3) is 5.91 Å². The molecule has 0 unspecified atom stereocenters. The molecular weight excluding hydrogens is 248 g/mol. The van der Waals surface area contributed by atoms with Crippen molar-refractivity contribution in [1.82, 2.24) is 4.90 Å². The Morgan fingerprint density at radius 1 is 1.10 bits per heavy atom. The Kier molecular flexibility index (Phi) is 4.41. The van der Waals surface area contributed by atoms with E-state index in [0.29, 0.717) is 17.8 Å². The summed E-state index contributed by atoms with van der Waals surface area (Å²) in [6.45, 7) is 2.59. The van der Waals surface area contributed by atoms with Crippen LogP contribution in [0, 0.1) is 6.92 Å². The van der Waals surface area contributed by atoms with Gasteiger partial charge in [0.15, 0.2) is 0 Å². The lowest BCUT2D eigenvalue weighted by atomic mass is 10.1. The third-order valence-electron chi connectivity index (χ3n) is 3.48. The Labute approximate surface area is 120 Å². The largest absolute Gasteiger partial charge is 0.398 e. The van der Waals surface area contributed by atoms with E-state index in [9.17, 15) is 4.79 Å². The first kappa shape index (κ1) is 14.1. The van der Waals surface area contributed by atoms with Crippen LogP contribution < -0.4 is 5.73 Å². The number of benzene rings is 2. The lowest BCUT2D eigenvalue weighted by Gasteiger charge is -2.18. The van der Waals surface area contributed by atoms with Crippen molar-refractivity contribution in [2.24, 2.45) is 0 Å². The van der Waals surface area contributed by atoms with Crippen molar-refractivity contribution in [3.63, 3.8) is 0 Å². The van der Waals surface area contributed by atoms with Gasteiger partial charge in [0, 0.05) is 19.3 Å². The molecule has 0 atom stereocenters. The normalized spacial score (nSPS) is 10.3. The van der Waals surface area contributed by atoms with Crippen LogP contribution in [0.15, 0.2) is 48.5 Å². The summed E-state index contributed by atoms with van der Waals surface area (Å²) in [4.78, 5) is 14.1. The number of hydrogen-bond acceptors (Lipinski definition) is 2. The number of carbonyl (C=O) groups excluding carboxylic acids is 1. The van der Waals surface area contributed by atoms with Gasteiger partial charge in [-0.1, -0.05) is 42.5 Å². The van der Waals surface area contributed by atoms with Gasteiger partial charge < -0.3 is 10.6 Å². The molecule has 2 N–H and O–H groups in total. The van der Waals surface area contributed by atoms with Crippen LogP contribution >= 0.6 is 0 Å². The van der Waals surface area contributed by atoms with Crippen LogP contribution in [-0.4, -0.2) is 24.4 Å². The number of para-hydroxylation sites is 1. The Morgan fingerprint density at radius 2 is 1.80 bits per heavy atom. The summed E-state index contributed by atoms with van der Waals surface area (Å²) in [5, 5.41) is 0. The molecule has 0 heterocycles. The van der Waals surface area contributed by atoms with Crippen molar-refractivity contribution in [1.29, 1.82) is 0 Å². The number of nitrogen functional groups attached to an aromatic ring is 1. The summed E-state index contributed by atoms with van der Waals surface area (Å²) in [7, 11) is 1.81. The molecule has 0 aromatic heterocycles. The smallest absolute Gasteiger partial charge is 0.255 e. The summed E-state index contributed by atoms with van der Waals surface area (Å²) in [6.07, 6.45) is 0.842. The van der Waals surface area contributed by atoms with E-state index in [4.69, 9.17) is 5.73 Å². The molecule has 2 aromatic rings. The Bertz CT molecular complexity index is 593. The lowest BCUT2D eigenvalue weighted by molar-refractivity contribution is 0.0797. The van der Waals surface area contributed by atoms with Crippen LogP contribution in [0.2, 0.25) is 0 Å². The highest BCUT2D eigenvalue weighted by Gasteiger charge is 2.15. The zero-order valence-corrected chi connectivity index (χ0v) is 12.0. The van der Waals surface area contributed by atoms with E-state index in [1.165, 1.54) is 5.56 Å². The molecule has 0 fully saturated rings. The van der Waals surface area contributed by atoms with E-state index >= 15 is 0 Å². The zero-order chi connectivity index (χ0) is 14.5. The van der Waals surface area contributed by atoms with E-state index < -0.39 is 0 Å². The molecule has 0 saturated carbocycles. The minimum Gasteiger partial charge on any atom is -0.398 e. The highest BCUT2D eigenvalue weighted by atomic mass is 16.2. The molecule has 1 amide bonds. The lowest BCUT2D eigenvalue weighted by Crippen LogP contribution is -2.29. The highest BCUT2D eigenvalue weighted by molar-refractivity contribution is 5.99. The van der Waals surface area contributed by atoms with Crippen LogP contribution in [0.4, 0.5) is 5.69 Å². The third kappa shape index (κ3) is 3.18. The number of hydrogen-bond donors (Lipinski definition) is 1. The van der Waals surface area contributed by atoms with E-state index in [2.05, 4.69) is 12.1 Å². The molecule has 3 heteroatoms. The monoisotopic (exact) mass is 268 g/mol. The van der Waals surface area contributed by atoms with Gasteiger partial charge in [-0.15, -0.1) is 0 Å². The molecule has 20 heavy (non-hydrogen) atoms. The number of likely N-dealkylation sites (N-methyl/N-ethyl adjacent to an activating group) is 1. The Balaban J connectivity index is 2.04. The maximum atomic E-state index is 12.4. The fraction of sp³-hybridized carbons (Fsp3) is 0.235. The van der Waals surface area contributed by atoms with Crippen LogP contribution in [0.1, 0.15) is 21.5 Å². The van der Waals surface area contributed by atoms with Crippen LogP contribution in [0.5, 0.6) is 0 Å².